The molecule has 0 radical (unpaired) electrons. The van der Waals surface area contributed by atoms with Gasteiger partial charge in [-0.3, -0.25) is 4.57 Å². The summed E-state index contributed by atoms with van der Waals surface area (Å²) in [6.45, 7) is 3.92. The fourth-order valence-electron chi connectivity index (χ4n) is 4.06. The van der Waals surface area contributed by atoms with Gasteiger partial charge in [0, 0.05) is 12.1 Å². The predicted octanol–water partition coefficient (Wildman–Crippen LogP) is 4.69. The largest absolute Gasteiger partial charge is 0.495 e. The fourth-order valence-corrected chi connectivity index (χ4v) is 4.26. The summed E-state index contributed by atoms with van der Waals surface area (Å²) in [5.74, 6) is 4.64. The van der Waals surface area contributed by atoms with E-state index in [0.29, 0.717) is 16.8 Å². The van der Waals surface area contributed by atoms with Crippen LogP contribution in [0.25, 0.3) is 16.9 Å². The van der Waals surface area contributed by atoms with Crippen molar-refractivity contribution in [2.24, 2.45) is 11.8 Å². The maximum Gasteiger partial charge on any atom is 0.170 e. The molecule has 1 aromatic carbocycles. The van der Waals surface area contributed by atoms with Crippen LogP contribution in [-0.4, -0.2) is 32.7 Å². The van der Waals surface area contributed by atoms with E-state index in [-0.39, 0.29) is 0 Å². The Kier molecular flexibility index (Phi) is 4.19. The Morgan fingerprint density at radius 1 is 1.11 bits per heavy atom. The average Bonchev–Trinajstić information content (AvgIpc) is 3.58. The molecule has 0 unspecified atom stereocenters. The molecule has 2 saturated carbocycles. The zero-order chi connectivity index (χ0) is 19.4. The van der Waals surface area contributed by atoms with E-state index in [2.05, 4.69) is 5.32 Å². The Labute approximate surface area is 169 Å². The molecule has 0 atom stereocenters. The van der Waals surface area contributed by atoms with E-state index >= 15 is 0 Å². The number of nitrogens with zero attached hydrogens (tertiary/aromatic N) is 4. The highest BCUT2D eigenvalue weighted by Crippen LogP contribution is 2.46. The molecule has 1 N–H and O–H groups in total. The normalized spacial score (nSPS) is 16.8. The van der Waals surface area contributed by atoms with Gasteiger partial charge in [0.25, 0.3) is 0 Å². The van der Waals surface area contributed by atoms with Gasteiger partial charge in [-0.05, 0) is 63.5 Å². The third kappa shape index (κ3) is 3.09. The number of benzene rings is 1. The Morgan fingerprint density at radius 2 is 1.82 bits per heavy atom. The van der Waals surface area contributed by atoms with Crippen LogP contribution in [0, 0.1) is 25.7 Å². The summed E-state index contributed by atoms with van der Waals surface area (Å²) in [6.07, 6.45) is 5.28. The van der Waals surface area contributed by atoms with Crippen LogP contribution < -0.4 is 10.1 Å². The molecule has 5 rings (SSSR count). The number of aryl methyl sites for hydroxylation is 2. The lowest BCUT2D eigenvalue weighted by Gasteiger charge is -2.18. The lowest BCUT2D eigenvalue weighted by molar-refractivity contribution is 0.415. The molecule has 2 aliphatic carbocycles. The first-order valence-electron chi connectivity index (χ1n) is 9.89. The van der Waals surface area contributed by atoms with Crippen LogP contribution in [0.2, 0.25) is 5.02 Å². The molecule has 146 valence electrons. The molecule has 3 aromatic rings. The lowest BCUT2D eigenvalue weighted by Crippen LogP contribution is -2.25. The molecule has 2 aromatic heterocycles. The first-order valence-corrected chi connectivity index (χ1v) is 10.3. The van der Waals surface area contributed by atoms with Gasteiger partial charge in [0.15, 0.2) is 17.0 Å². The molecule has 2 heterocycles. The quantitative estimate of drug-likeness (QED) is 0.653. The summed E-state index contributed by atoms with van der Waals surface area (Å²) in [5.41, 5.74) is 2.55. The summed E-state index contributed by atoms with van der Waals surface area (Å²) in [5, 5.41) is 4.32. The number of anilines is 1. The Hall–Kier alpha value is -2.34. The SMILES string of the molecule is COc1cc(-n2c(C)nc3c(NC(C4CC4)C4CC4)nc(C)nc32)ccc1Cl. The highest BCUT2D eigenvalue weighted by atomic mass is 35.5. The minimum absolute atomic E-state index is 0.513. The van der Waals surface area contributed by atoms with Crippen molar-refractivity contribution in [2.75, 3.05) is 12.4 Å². The molecule has 0 bridgehead atoms. The van der Waals surface area contributed by atoms with Crippen molar-refractivity contribution in [3.8, 4) is 11.4 Å². The van der Waals surface area contributed by atoms with Crippen LogP contribution in [0.3, 0.4) is 0 Å². The number of imidazole rings is 1. The molecule has 6 nitrogen and oxygen atoms in total. The summed E-state index contributed by atoms with van der Waals surface area (Å²) in [4.78, 5) is 14.3. The molecule has 28 heavy (non-hydrogen) atoms. The maximum absolute atomic E-state index is 6.21. The van der Waals surface area contributed by atoms with Crippen LogP contribution in [0.4, 0.5) is 5.82 Å². The van der Waals surface area contributed by atoms with Gasteiger partial charge in [0.1, 0.15) is 17.4 Å². The Bertz CT molecular complexity index is 1040. The molecule has 2 aliphatic rings. The van der Waals surface area contributed by atoms with E-state index < -0.39 is 0 Å². The molecule has 0 aliphatic heterocycles. The van der Waals surface area contributed by atoms with Crippen LogP contribution in [-0.2, 0) is 0 Å². The minimum atomic E-state index is 0.513. The molecule has 7 heteroatoms. The maximum atomic E-state index is 6.21. The zero-order valence-corrected chi connectivity index (χ0v) is 17.1. The first-order chi connectivity index (χ1) is 13.5. The van der Waals surface area contributed by atoms with E-state index in [9.17, 15) is 0 Å². The van der Waals surface area contributed by atoms with Gasteiger partial charge in [-0.2, -0.15) is 0 Å². The number of fused-ring (bicyclic) bond motifs is 1. The van der Waals surface area contributed by atoms with E-state index in [1.807, 2.05) is 36.6 Å². The summed E-state index contributed by atoms with van der Waals surface area (Å²) < 4.78 is 7.43. The smallest absolute Gasteiger partial charge is 0.170 e. The van der Waals surface area contributed by atoms with Crippen LogP contribution in [0.5, 0.6) is 5.75 Å². The van der Waals surface area contributed by atoms with Gasteiger partial charge in [0.05, 0.1) is 17.8 Å². The van der Waals surface area contributed by atoms with Gasteiger partial charge in [0.2, 0.25) is 0 Å². The zero-order valence-electron chi connectivity index (χ0n) is 16.4. The monoisotopic (exact) mass is 397 g/mol. The van der Waals surface area contributed by atoms with E-state index in [1.165, 1.54) is 25.7 Å². The number of ether oxygens (including phenoxy) is 1. The molecular weight excluding hydrogens is 374 g/mol. The summed E-state index contributed by atoms with van der Waals surface area (Å²) in [6, 6.07) is 6.22. The molecule has 2 fully saturated rings. The number of rotatable bonds is 6. The van der Waals surface area contributed by atoms with Crippen molar-refractivity contribution < 1.29 is 4.74 Å². The van der Waals surface area contributed by atoms with E-state index in [4.69, 9.17) is 31.3 Å². The lowest BCUT2D eigenvalue weighted by atomic mass is 10.1. The number of hydrogen-bond donors (Lipinski definition) is 1. The van der Waals surface area contributed by atoms with Gasteiger partial charge in [-0.1, -0.05) is 11.6 Å². The van der Waals surface area contributed by atoms with Crippen molar-refractivity contribution in [2.45, 2.75) is 45.6 Å². The first kappa shape index (κ1) is 17.7. The van der Waals surface area contributed by atoms with Gasteiger partial charge in [-0.15, -0.1) is 0 Å². The Morgan fingerprint density at radius 3 is 2.46 bits per heavy atom. The third-order valence-corrected chi connectivity index (χ3v) is 6.05. The van der Waals surface area contributed by atoms with E-state index in [0.717, 1.165) is 46.2 Å². The number of hydrogen-bond acceptors (Lipinski definition) is 5. The average molecular weight is 398 g/mol. The van der Waals surface area contributed by atoms with Crippen LogP contribution in [0.15, 0.2) is 18.2 Å². The predicted molar refractivity (Wildman–Crippen MR) is 111 cm³/mol. The minimum Gasteiger partial charge on any atom is -0.495 e. The highest BCUT2D eigenvalue weighted by Gasteiger charge is 2.42. The second-order valence-electron chi connectivity index (χ2n) is 7.95. The van der Waals surface area contributed by atoms with Crippen LogP contribution >= 0.6 is 11.6 Å². The fraction of sp³-hybridized carbons (Fsp3) is 0.476. The number of nitrogens with one attached hydrogen (secondary N) is 1. The molecule has 0 spiro atoms. The highest BCUT2D eigenvalue weighted by molar-refractivity contribution is 6.32. The topological polar surface area (TPSA) is 64.9 Å². The number of halogens is 1. The summed E-state index contributed by atoms with van der Waals surface area (Å²) in [7, 11) is 1.62. The van der Waals surface area contributed by atoms with Crippen LogP contribution in [0.1, 0.15) is 37.3 Å². The second kappa shape index (κ2) is 6.62. The van der Waals surface area contributed by atoms with Gasteiger partial charge < -0.3 is 10.1 Å². The number of aromatic nitrogens is 4. The molecular formula is C21H24ClN5O. The number of methoxy groups -OCH3 is 1. The van der Waals surface area contributed by atoms with Crippen molar-refractivity contribution in [1.29, 1.82) is 0 Å². The molecule has 0 amide bonds. The second-order valence-corrected chi connectivity index (χ2v) is 8.36. The third-order valence-electron chi connectivity index (χ3n) is 5.74. The van der Waals surface area contributed by atoms with Gasteiger partial charge in [-0.25, -0.2) is 15.0 Å². The van der Waals surface area contributed by atoms with Crippen molar-refractivity contribution in [1.82, 2.24) is 19.5 Å². The summed E-state index contributed by atoms with van der Waals surface area (Å²) >= 11 is 6.21. The van der Waals surface area contributed by atoms with Crippen molar-refractivity contribution in [3.63, 3.8) is 0 Å². The Balaban J connectivity index is 1.62. The van der Waals surface area contributed by atoms with E-state index in [1.54, 1.807) is 7.11 Å². The van der Waals surface area contributed by atoms with Crippen molar-refractivity contribution >= 4 is 28.6 Å². The van der Waals surface area contributed by atoms with Crippen molar-refractivity contribution in [3.05, 3.63) is 34.9 Å². The standard InChI is InChI=1S/C21H24ClN5O/c1-11-23-20(26-18(13-4-5-13)14-6-7-14)19-21(24-11)27(12(2)25-19)15-8-9-16(22)17(10-15)28-3/h8-10,13-14,18H,4-7H2,1-3H3,(H,23,24,26). The van der Waals surface area contributed by atoms with Gasteiger partial charge >= 0.3 is 0 Å². The molecule has 0 saturated heterocycles.